The normalized spacial score (nSPS) is 21.1. The van der Waals surface area contributed by atoms with Crippen molar-refractivity contribution < 1.29 is 8.42 Å². The van der Waals surface area contributed by atoms with Gasteiger partial charge in [-0.1, -0.05) is 6.07 Å². The van der Waals surface area contributed by atoms with Crippen molar-refractivity contribution in [1.82, 2.24) is 9.62 Å². The molecule has 1 atom stereocenters. The highest BCUT2D eigenvalue weighted by molar-refractivity contribution is 7.89. The third-order valence-electron chi connectivity index (χ3n) is 4.23. The Balaban J connectivity index is 2.55. The highest BCUT2D eigenvalue weighted by Crippen LogP contribution is 2.29. The van der Waals surface area contributed by atoms with Gasteiger partial charge in [0.2, 0.25) is 10.0 Å². The van der Waals surface area contributed by atoms with E-state index in [-0.39, 0.29) is 6.04 Å². The number of nitrogens with zero attached hydrogens (tertiary/aromatic N) is 1. The summed E-state index contributed by atoms with van der Waals surface area (Å²) in [6.07, 6.45) is 0. The molecular weight excluding hydrogens is 272 g/mol. The van der Waals surface area contributed by atoms with Crippen molar-refractivity contribution >= 4 is 10.0 Å². The van der Waals surface area contributed by atoms with Gasteiger partial charge >= 0.3 is 0 Å². The van der Waals surface area contributed by atoms with Crippen LogP contribution in [0, 0.1) is 27.7 Å². The molecule has 1 N–H and O–H groups in total. The first-order valence-electron chi connectivity index (χ1n) is 7.06. The van der Waals surface area contributed by atoms with Gasteiger partial charge in [0.05, 0.1) is 4.90 Å². The molecule has 20 heavy (non-hydrogen) atoms. The molecular formula is C15H24N2O2S. The Bertz CT molecular complexity index is 597. The zero-order chi connectivity index (χ0) is 15.1. The lowest BCUT2D eigenvalue weighted by Gasteiger charge is -2.32. The molecule has 1 aliphatic rings. The zero-order valence-corrected chi connectivity index (χ0v) is 13.8. The van der Waals surface area contributed by atoms with E-state index in [1.807, 2.05) is 34.6 Å². The first-order valence-corrected chi connectivity index (χ1v) is 8.50. The van der Waals surface area contributed by atoms with Gasteiger partial charge in [-0.15, -0.1) is 0 Å². The molecule has 1 fully saturated rings. The van der Waals surface area contributed by atoms with E-state index in [9.17, 15) is 8.42 Å². The van der Waals surface area contributed by atoms with Crippen LogP contribution in [0.2, 0.25) is 0 Å². The van der Waals surface area contributed by atoms with Crippen molar-refractivity contribution in [3.8, 4) is 0 Å². The van der Waals surface area contributed by atoms with Crippen molar-refractivity contribution in [2.45, 2.75) is 45.6 Å². The minimum Gasteiger partial charge on any atom is -0.312 e. The van der Waals surface area contributed by atoms with Gasteiger partial charge in [0.15, 0.2) is 0 Å². The second-order valence-corrected chi connectivity index (χ2v) is 7.68. The number of hydrogen-bond donors (Lipinski definition) is 1. The number of piperazine rings is 1. The maximum Gasteiger partial charge on any atom is 0.243 e. The third kappa shape index (κ3) is 2.62. The van der Waals surface area contributed by atoms with Crippen LogP contribution in [0.25, 0.3) is 0 Å². The molecule has 0 aliphatic carbocycles. The summed E-state index contributed by atoms with van der Waals surface area (Å²) in [6.45, 7) is 11.6. The Labute approximate surface area is 122 Å². The summed E-state index contributed by atoms with van der Waals surface area (Å²) in [4.78, 5) is 0.504. The number of rotatable bonds is 2. The molecule has 1 aromatic carbocycles. The van der Waals surface area contributed by atoms with Gasteiger partial charge in [-0.3, -0.25) is 0 Å². The largest absolute Gasteiger partial charge is 0.312 e. The highest BCUT2D eigenvalue weighted by Gasteiger charge is 2.31. The van der Waals surface area contributed by atoms with Crippen LogP contribution < -0.4 is 5.32 Å². The molecule has 0 unspecified atom stereocenters. The van der Waals surface area contributed by atoms with E-state index >= 15 is 0 Å². The Morgan fingerprint density at radius 1 is 1.15 bits per heavy atom. The smallest absolute Gasteiger partial charge is 0.243 e. The summed E-state index contributed by atoms with van der Waals surface area (Å²) in [7, 11) is -3.41. The van der Waals surface area contributed by atoms with E-state index in [1.54, 1.807) is 4.31 Å². The van der Waals surface area contributed by atoms with Gasteiger partial charge in [0.25, 0.3) is 0 Å². The van der Waals surface area contributed by atoms with Crippen LogP contribution in [0.4, 0.5) is 0 Å². The number of sulfonamides is 1. The molecule has 0 aromatic heterocycles. The molecule has 4 nitrogen and oxygen atoms in total. The SMILES string of the molecule is Cc1cc(C)c(C)c(S(=O)(=O)N2CCN[C@H](C)C2)c1C. The van der Waals surface area contributed by atoms with E-state index in [0.29, 0.717) is 24.5 Å². The monoisotopic (exact) mass is 296 g/mol. The van der Waals surface area contributed by atoms with Crippen LogP contribution in [0.1, 0.15) is 29.2 Å². The minimum atomic E-state index is -3.41. The number of hydrogen-bond acceptors (Lipinski definition) is 3. The quantitative estimate of drug-likeness (QED) is 0.907. The van der Waals surface area contributed by atoms with Gasteiger partial charge in [0, 0.05) is 25.7 Å². The lowest BCUT2D eigenvalue weighted by atomic mass is 10.0. The molecule has 1 heterocycles. The average molecular weight is 296 g/mol. The topological polar surface area (TPSA) is 49.4 Å². The summed E-state index contributed by atoms with van der Waals surface area (Å²) in [5.41, 5.74) is 3.82. The van der Waals surface area contributed by atoms with Crippen LogP contribution in [0.3, 0.4) is 0 Å². The Morgan fingerprint density at radius 3 is 2.20 bits per heavy atom. The first kappa shape index (κ1) is 15.5. The molecule has 1 saturated heterocycles. The molecule has 0 saturated carbocycles. The maximum absolute atomic E-state index is 13.0. The summed E-state index contributed by atoms with van der Waals surface area (Å²) >= 11 is 0. The van der Waals surface area contributed by atoms with E-state index in [0.717, 1.165) is 22.3 Å². The third-order valence-corrected chi connectivity index (χ3v) is 6.37. The zero-order valence-electron chi connectivity index (χ0n) is 12.9. The summed E-state index contributed by atoms with van der Waals surface area (Å²) in [5.74, 6) is 0. The number of aryl methyl sites for hydroxylation is 2. The first-order chi connectivity index (χ1) is 9.25. The summed E-state index contributed by atoms with van der Waals surface area (Å²) in [5, 5.41) is 3.28. The fraction of sp³-hybridized carbons (Fsp3) is 0.600. The maximum atomic E-state index is 13.0. The van der Waals surface area contributed by atoms with E-state index < -0.39 is 10.0 Å². The van der Waals surface area contributed by atoms with Crippen molar-refractivity contribution in [3.63, 3.8) is 0 Å². The lowest BCUT2D eigenvalue weighted by Crippen LogP contribution is -2.51. The second kappa shape index (κ2) is 5.47. The molecule has 0 amide bonds. The van der Waals surface area contributed by atoms with E-state index in [4.69, 9.17) is 0 Å². The molecule has 1 aromatic rings. The van der Waals surface area contributed by atoms with Crippen molar-refractivity contribution in [3.05, 3.63) is 28.3 Å². The molecule has 112 valence electrons. The molecule has 0 spiro atoms. The molecule has 0 radical (unpaired) electrons. The Morgan fingerprint density at radius 2 is 1.70 bits per heavy atom. The van der Waals surface area contributed by atoms with E-state index in [2.05, 4.69) is 11.4 Å². The standard InChI is InChI=1S/C15H24N2O2S/c1-10-8-11(2)14(5)15(13(10)4)20(18,19)17-7-6-16-12(3)9-17/h8,12,16H,6-7,9H2,1-5H3/t12-/m1/s1. The van der Waals surface area contributed by atoms with E-state index in [1.165, 1.54) is 0 Å². The van der Waals surface area contributed by atoms with Gasteiger partial charge in [0.1, 0.15) is 0 Å². The van der Waals surface area contributed by atoms with Crippen LogP contribution >= 0.6 is 0 Å². The molecule has 2 rings (SSSR count). The molecule has 0 bridgehead atoms. The molecule has 5 heteroatoms. The predicted molar refractivity (Wildman–Crippen MR) is 81.6 cm³/mol. The highest BCUT2D eigenvalue weighted by atomic mass is 32.2. The average Bonchev–Trinajstić information content (AvgIpc) is 2.36. The second-order valence-electron chi connectivity index (χ2n) is 5.81. The number of benzene rings is 1. The van der Waals surface area contributed by atoms with Gasteiger partial charge in [-0.25, -0.2) is 8.42 Å². The molecule has 1 aliphatic heterocycles. The summed E-state index contributed by atoms with van der Waals surface area (Å²) in [6, 6.07) is 2.26. The van der Waals surface area contributed by atoms with Gasteiger partial charge < -0.3 is 5.32 Å². The Hall–Kier alpha value is -0.910. The minimum absolute atomic E-state index is 0.199. The van der Waals surface area contributed by atoms with Crippen LogP contribution in [-0.2, 0) is 10.0 Å². The lowest BCUT2D eigenvalue weighted by molar-refractivity contribution is 0.310. The van der Waals surface area contributed by atoms with Crippen molar-refractivity contribution in [2.75, 3.05) is 19.6 Å². The van der Waals surface area contributed by atoms with Crippen LogP contribution in [0.15, 0.2) is 11.0 Å². The Kier molecular flexibility index (Phi) is 4.23. The summed E-state index contributed by atoms with van der Waals surface area (Å²) < 4.78 is 27.6. The van der Waals surface area contributed by atoms with Crippen molar-refractivity contribution in [2.24, 2.45) is 0 Å². The number of nitrogens with one attached hydrogen (secondary N) is 1. The van der Waals surface area contributed by atoms with Gasteiger partial charge in [-0.2, -0.15) is 4.31 Å². The van der Waals surface area contributed by atoms with Crippen LogP contribution in [0.5, 0.6) is 0 Å². The van der Waals surface area contributed by atoms with Crippen molar-refractivity contribution in [1.29, 1.82) is 0 Å². The fourth-order valence-electron chi connectivity index (χ4n) is 2.81. The predicted octanol–water partition coefficient (Wildman–Crippen LogP) is 1.90. The van der Waals surface area contributed by atoms with Crippen LogP contribution in [-0.4, -0.2) is 38.4 Å². The fourth-order valence-corrected chi connectivity index (χ4v) is 4.92. The van der Waals surface area contributed by atoms with Gasteiger partial charge in [-0.05, 0) is 56.9 Å².